The Bertz CT molecular complexity index is 1140. The second-order valence-corrected chi connectivity index (χ2v) is 9.76. The van der Waals surface area contributed by atoms with Crippen LogP contribution in [-0.2, 0) is 20.9 Å². The minimum absolute atomic E-state index is 0.0431. The average Bonchev–Trinajstić information content (AvgIpc) is 3.01. The number of hydrogen-bond acceptors (Lipinski definition) is 7. The van der Waals surface area contributed by atoms with Crippen molar-refractivity contribution in [2.45, 2.75) is 13.5 Å². The summed E-state index contributed by atoms with van der Waals surface area (Å²) >= 11 is 5.05. The first-order valence-corrected chi connectivity index (χ1v) is 12.3. The Morgan fingerprint density at radius 2 is 1.91 bits per heavy atom. The Morgan fingerprint density at radius 1 is 1.22 bits per heavy atom. The Hall–Kier alpha value is -2.11. The predicted molar refractivity (Wildman–Crippen MR) is 137 cm³/mol. The number of benzene rings is 2. The zero-order valence-corrected chi connectivity index (χ0v) is 21.9. The van der Waals surface area contributed by atoms with Gasteiger partial charge in [-0.2, -0.15) is 5.26 Å². The summed E-state index contributed by atoms with van der Waals surface area (Å²) < 4.78 is 12.0. The van der Waals surface area contributed by atoms with Crippen LogP contribution in [0, 0.1) is 18.5 Å². The molecule has 0 spiro atoms. The van der Waals surface area contributed by atoms with E-state index in [0.717, 1.165) is 29.4 Å². The molecule has 0 N–H and O–H groups in total. The lowest BCUT2D eigenvalue weighted by molar-refractivity contribution is -0.145. The third-order valence-corrected chi connectivity index (χ3v) is 6.81. The van der Waals surface area contributed by atoms with Crippen LogP contribution in [-0.4, -0.2) is 35.2 Å². The van der Waals surface area contributed by atoms with Gasteiger partial charge in [-0.3, -0.25) is 14.5 Å². The van der Waals surface area contributed by atoms with E-state index in [1.807, 2.05) is 12.1 Å². The maximum absolute atomic E-state index is 12.9. The molecule has 7 nitrogen and oxygen atoms in total. The molecule has 0 unspecified atom stereocenters. The molecule has 0 bridgehead atoms. The average molecular weight is 674 g/mol. The van der Waals surface area contributed by atoms with Gasteiger partial charge in [0, 0.05) is 0 Å². The van der Waals surface area contributed by atoms with Crippen LogP contribution in [0.25, 0.3) is 6.08 Å². The van der Waals surface area contributed by atoms with Gasteiger partial charge < -0.3 is 9.47 Å². The highest BCUT2D eigenvalue weighted by Crippen LogP contribution is 2.35. The largest absolute Gasteiger partial charge is 0.480 e. The minimum atomic E-state index is -0.449. The minimum Gasteiger partial charge on any atom is -0.480 e. The van der Waals surface area contributed by atoms with E-state index in [0.29, 0.717) is 21.8 Å². The molecule has 1 heterocycles. The molecule has 3 rings (SSSR count). The highest BCUT2D eigenvalue weighted by molar-refractivity contribution is 14.1. The number of rotatable bonds is 7. The number of halogens is 2. The van der Waals surface area contributed by atoms with Crippen LogP contribution in [0.1, 0.15) is 23.6 Å². The van der Waals surface area contributed by atoms with Gasteiger partial charge in [0.1, 0.15) is 5.75 Å². The van der Waals surface area contributed by atoms with Crippen molar-refractivity contribution in [1.29, 1.82) is 5.26 Å². The van der Waals surface area contributed by atoms with Crippen molar-refractivity contribution in [1.82, 2.24) is 4.90 Å². The van der Waals surface area contributed by atoms with Crippen LogP contribution in [0.2, 0.25) is 0 Å². The molecule has 2 aromatic carbocycles. The molecule has 1 fully saturated rings. The van der Waals surface area contributed by atoms with Crippen molar-refractivity contribution in [3.63, 3.8) is 0 Å². The third-order valence-electron chi connectivity index (χ3n) is 4.30. The number of carbonyl (C=O) groups is 3. The summed E-state index contributed by atoms with van der Waals surface area (Å²) in [7, 11) is 0. The van der Waals surface area contributed by atoms with Gasteiger partial charge in [-0.05, 0) is 99.3 Å². The van der Waals surface area contributed by atoms with Gasteiger partial charge >= 0.3 is 5.97 Å². The summed E-state index contributed by atoms with van der Waals surface area (Å²) in [6.45, 7) is 1.86. The molecule has 1 aliphatic rings. The highest BCUT2D eigenvalue weighted by Gasteiger charge is 2.35. The molecule has 1 saturated heterocycles. The van der Waals surface area contributed by atoms with Gasteiger partial charge in [0.15, 0.2) is 6.61 Å². The van der Waals surface area contributed by atoms with Crippen molar-refractivity contribution in [2.24, 2.45) is 0 Å². The normalized spacial score (nSPS) is 14.6. The van der Waals surface area contributed by atoms with E-state index in [-0.39, 0.29) is 25.0 Å². The van der Waals surface area contributed by atoms with Crippen LogP contribution in [0.15, 0.2) is 41.3 Å². The van der Waals surface area contributed by atoms with Crippen molar-refractivity contribution in [3.8, 4) is 11.8 Å². The number of ether oxygens (including phenoxy) is 2. The predicted octanol–water partition coefficient (Wildman–Crippen LogP) is 4.95. The molecule has 1 aliphatic heterocycles. The van der Waals surface area contributed by atoms with Crippen LogP contribution in [0.3, 0.4) is 0 Å². The standard InChI is InChI=1S/C22H16I2N2O5S/c1-2-30-19(27)12-31-20-16(23)7-13(8-17(20)24)9-18-21(28)26(22(29)32-18)11-15-6-4-3-5-14(15)10-25/h3-9H,2,11-12H2,1H3/b18-9+. The molecule has 0 saturated carbocycles. The summed E-state index contributed by atoms with van der Waals surface area (Å²) in [6, 6.07) is 12.6. The lowest BCUT2D eigenvalue weighted by Crippen LogP contribution is -2.27. The Kier molecular flexibility index (Phi) is 8.55. The molecule has 0 radical (unpaired) electrons. The fourth-order valence-corrected chi connectivity index (χ4v) is 5.83. The van der Waals surface area contributed by atoms with Crippen molar-refractivity contribution in [2.75, 3.05) is 13.2 Å². The first kappa shape index (κ1) is 24.5. The number of hydrogen-bond donors (Lipinski definition) is 0. The summed E-state index contributed by atoms with van der Waals surface area (Å²) in [4.78, 5) is 38.3. The Labute approximate surface area is 216 Å². The molecular formula is C22H16I2N2O5S. The third kappa shape index (κ3) is 5.81. The SMILES string of the molecule is CCOC(=O)COc1c(I)cc(/C=C2/SC(=O)N(Cc3ccccc3C#N)C2=O)cc1I. The first-order chi connectivity index (χ1) is 15.3. The van der Waals surface area contributed by atoms with Crippen LogP contribution < -0.4 is 4.74 Å². The molecule has 10 heteroatoms. The quantitative estimate of drug-likeness (QED) is 0.233. The van der Waals surface area contributed by atoms with Gasteiger partial charge in [-0.1, -0.05) is 18.2 Å². The maximum atomic E-state index is 12.9. The maximum Gasteiger partial charge on any atom is 0.344 e. The molecular weight excluding hydrogens is 658 g/mol. The number of thioether (sulfide) groups is 1. The molecule has 0 atom stereocenters. The van der Waals surface area contributed by atoms with Crippen molar-refractivity contribution >= 4 is 80.1 Å². The molecule has 0 aliphatic carbocycles. The number of amides is 2. The van der Waals surface area contributed by atoms with E-state index in [1.54, 1.807) is 37.3 Å². The lowest BCUT2D eigenvalue weighted by atomic mass is 10.1. The number of carbonyl (C=O) groups excluding carboxylic acids is 3. The molecule has 2 amide bonds. The van der Waals surface area contributed by atoms with Gasteiger partial charge in [-0.15, -0.1) is 0 Å². The van der Waals surface area contributed by atoms with E-state index in [2.05, 4.69) is 51.3 Å². The van der Waals surface area contributed by atoms with E-state index >= 15 is 0 Å². The van der Waals surface area contributed by atoms with Gasteiger partial charge in [0.25, 0.3) is 11.1 Å². The number of imide groups is 1. The fraction of sp³-hybridized carbons (Fsp3) is 0.182. The molecule has 32 heavy (non-hydrogen) atoms. The summed E-state index contributed by atoms with van der Waals surface area (Å²) in [5.41, 5.74) is 1.77. The van der Waals surface area contributed by atoms with E-state index in [1.165, 1.54) is 0 Å². The van der Waals surface area contributed by atoms with Crippen LogP contribution in [0.4, 0.5) is 4.79 Å². The van der Waals surface area contributed by atoms with Crippen LogP contribution in [0.5, 0.6) is 5.75 Å². The van der Waals surface area contributed by atoms with Gasteiger partial charge in [0.05, 0.1) is 36.8 Å². The fourth-order valence-electron chi connectivity index (χ4n) is 2.86. The summed E-state index contributed by atoms with van der Waals surface area (Å²) in [5.74, 6) is -0.298. The number of nitrogens with zero attached hydrogens (tertiary/aromatic N) is 2. The van der Waals surface area contributed by atoms with E-state index in [9.17, 15) is 19.6 Å². The number of nitriles is 1. The zero-order chi connectivity index (χ0) is 23.3. The summed E-state index contributed by atoms with van der Waals surface area (Å²) in [6.07, 6.45) is 1.65. The van der Waals surface area contributed by atoms with Crippen LogP contribution >= 0.6 is 56.9 Å². The second-order valence-electron chi connectivity index (χ2n) is 6.44. The van der Waals surface area contributed by atoms with Gasteiger partial charge in [0.2, 0.25) is 0 Å². The Morgan fingerprint density at radius 3 is 2.56 bits per heavy atom. The van der Waals surface area contributed by atoms with Crippen molar-refractivity contribution < 1.29 is 23.9 Å². The monoisotopic (exact) mass is 674 g/mol. The zero-order valence-electron chi connectivity index (χ0n) is 16.8. The van der Waals surface area contributed by atoms with Crippen molar-refractivity contribution in [3.05, 3.63) is 65.1 Å². The van der Waals surface area contributed by atoms with E-state index in [4.69, 9.17) is 9.47 Å². The van der Waals surface area contributed by atoms with Gasteiger partial charge in [-0.25, -0.2) is 4.79 Å². The molecule has 0 aromatic heterocycles. The summed E-state index contributed by atoms with van der Waals surface area (Å²) in [5, 5.41) is 8.87. The highest BCUT2D eigenvalue weighted by atomic mass is 127. The first-order valence-electron chi connectivity index (χ1n) is 9.34. The lowest BCUT2D eigenvalue weighted by Gasteiger charge is -2.13. The second kappa shape index (κ2) is 11.2. The van der Waals surface area contributed by atoms with E-state index < -0.39 is 11.9 Å². The molecule has 164 valence electrons. The topological polar surface area (TPSA) is 96.7 Å². The molecule has 2 aromatic rings. The smallest absolute Gasteiger partial charge is 0.344 e. The Balaban J connectivity index is 1.78. The number of esters is 1.